The lowest BCUT2D eigenvalue weighted by Gasteiger charge is -2.20. The molecule has 1 aliphatic carbocycles. The minimum absolute atomic E-state index is 0.172. The lowest BCUT2D eigenvalue weighted by atomic mass is 9.88. The molecule has 2 aromatic rings. The van der Waals surface area contributed by atoms with Crippen LogP contribution in [0.3, 0.4) is 0 Å². The van der Waals surface area contributed by atoms with E-state index in [9.17, 15) is 4.79 Å². The van der Waals surface area contributed by atoms with Gasteiger partial charge in [-0.15, -0.1) is 0 Å². The van der Waals surface area contributed by atoms with Crippen LogP contribution in [0.5, 0.6) is 0 Å². The van der Waals surface area contributed by atoms with Gasteiger partial charge in [0, 0.05) is 18.2 Å². The van der Waals surface area contributed by atoms with Crippen molar-refractivity contribution in [1.29, 1.82) is 0 Å². The topological polar surface area (TPSA) is 54.3 Å². The number of amides is 1. The summed E-state index contributed by atoms with van der Waals surface area (Å²) in [6.45, 7) is 1.44. The molecule has 122 valence electrons. The largest absolute Gasteiger partial charge is 0.468 e. The highest BCUT2D eigenvalue weighted by Gasteiger charge is 2.20. The third-order valence-electron chi connectivity index (χ3n) is 4.38. The molecule has 0 bridgehead atoms. The fraction of sp³-hybridized carbons (Fsp3) is 0.421. The number of carbonyl (C=O) groups excluding carboxylic acids is 1. The van der Waals surface area contributed by atoms with E-state index in [1.54, 1.807) is 6.26 Å². The maximum atomic E-state index is 12.3. The molecule has 3 rings (SSSR count). The van der Waals surface area contributed by atoms with Crippen molar-refractivity contribution in [1.82, 2.24) is 5.32 Å². The van der Waals surface area contributed by atoms with Gasteiger partial charge in [0.25, 0.3) is 0 Å². The molecule has 0 spiro atoms. The molecule has 1 heterocycles. The zero-order chi connectivity index (χ0) is 15.9. The number of hydrogen-bond donors (Lipinski definition) is 2. The normalized spacial score (nSPS) is 15.5. The van der Waals surface area contributed by atoms with E-state index in [-0.39, 0.29) is 11.8 Å². The summed E-state index contributed by atoms with van der Waals surface area (Å²) < 4.78 is 5.30. The van der Waals surface area contributed by atoms with Crippen molar-refractivity contribution in [3.63, 3.8) is 0 Å². The first-order chi connectivity index (χ1) is 11.3. The summed E-state index contributed by atoms with van der Waals surface area (Å²) in [4.78, 5) is 12.3. The van der Waals surface area contributed by atoms with Gasteiger partial charge in [0.05, 0.1) is 12.8 Å². The van der Waals surface area contributed by atoms with Crippen molar-refractivity contribution in [2.75, 3.05) is 5.32 Å². The minimum atomic E-state index is 0.172. The molecule has 0 radical (unpaired) electrons. The van der Waals surface area contributed by atoms with Crippen LogP contribution in [0.15, 0.2) is 47.1 Å². The predicted octanol–water partition coefficient (Wildman–Crippen LogP) is 4.09. The van der Waals surface area contributed by atoms with Crippen LogP contribution in [-0.4, -0.2) is 5.91 Å². The molecule has 0 saturated heterocycles. The average molecular weight is 312 g/mol. The second kappa shape index (κ2) is 7.97. The number of nitrogens with one attached hydrogen (secondary N) is 2. The summed E-state index contributed by atoms with van der Waals surface area (Å²) in [7, 11) is 0. The first kappa shape index (κ1) is 15.8. The Hall–Kier alpha value is -2.07. The van der Waals surface area contributed by atoms with Crippen LogP contribution in [0.2, 0.25) is 0 Å². The van der Waals surface area contributed by atoms with Crippen LogP contribution in [-0.2, 0) is 17.9 Å². The summed E-state index contributed by atoms with van der Waals surface area (Å²) in [6.07, 6.45) is 7.34. The van der Waals surface area contributed by atoms with Crippen LogP contribution in [0.25, 0.3) is 0 Å². The van der Waals surface area contributed by atoms with Gasteiger partial charge >= 0.3 is 0 Å². The highest BCUT2D eigenvalue weighted by molar-refractivity contribution is 5.92. The van der Waals surface area contributed by atoms with E-state index in [0.29, 0.717) is 6.54 Å². The van der Waals surface area contributed by atoms with Crippen LogP contribution in [0.4, 0.5) is 5.69 Å². The molecule has 4 heteroatoms. The molecule has 1 aromatic heterocycles. The fourth-order valence-corrected chi connectivity index (χ4v) is 3.11. The Bertz CT molecular complexity index is 616. The lowest BCUT2D eigenvalue weighted by molar-refractivity contribution is -0.120. The molecule has 1 amide bonds. The SMILES string of the molecule is O=C(Nc1cccc(CNCc2ccco2)c1)C1CCCCC1. The van der Waals surface area contributed by atoms with Crippen molar-refractivity contribution >= 4 is 11.6 Å². The molecular formula is C19H24N2O2. The minimum Gasteiger partial charge on any atom is -0.468 e. The van der Waals surface area contributed by atoms with Gasteiger partial charge < -0.3 is 15.1 Å². The number of hydrogen-bond acceptors (Lipinski definition) is 3. The van der Waals surface area contributed by atoms with Crippen molar-refractivity contribution in [3.05, 3.63) is 54.0 Å². The van der Waals surface area contributed by atoms with Gasteiger partial charge in [0.2, 0.25) is 5.91 Å². The molecule has 1 fully saturated rings. The predicted molar refractivity (Wildman–Crippen MR) is 90.9 cm³/mol. The Morgan fingerprint density at radius 1 is 1.09 bits per heavy atom. The van der Waals surface area contributed by atoms with Gasteiger partial charge in [-0.3, -0.25) is 4.79 Å². The summed E-state index contributed by atoms with van der Waals surface area (Å²) in [5, 5.41) is 6.41. The number of carbonyl (C=O) groups is 1. The second-order valence-corrected chi connectivity index (χ2v) is 6.21. The molecule has 23 heavy (non-hydrogen) atoms. The van der Waals surface area contributed by atoms with Gasteiger partial charge in [-0.25, -0.2) is 0 Å². The van der Waals surface area contributed by atoms with Gasteiger partial charge in [-0.2, -0.15) is 0 Å². The van der Waals surface area contributed by atoms with E-state index >= 15 is 0 Å². The van der Waals surface area contributed by atoms with E-state index in [2.05, 4.69) is 16.7 Å². The number of rotatable bonds is 6. The van der Waals surface area contributed by atoms with Crippen LogP contribution >= 0.6 is 0 Å². The van der Waals surface area contributed by atoms with Crippen LogP contribution < -0.4 is 10.6 Å². The van der Waals surface area contributed by atoms with E-state index in [4.69, 9.17) is 4.42 Å². The van der Waals surface area contributed by atoms with Crippen molar-refractivity contribution < 1.29 is 9.21 Å². The first-order valence-corrected chi connectivity index (χ1v) is 8.44. The van der Waals surface area contributed by atoms with E-state index in [0.717, 1.165) is 36.4 Å². The molecule has 1 aliphatic rings. The highest BCUT2D eigenvalue weighted by atomic mass is 16.3. The zero-order valence-corrected chi connectivity index (χ0v) is 13.4. The molecule has 1 aromatic carbocycles. The van der Waals surface area contributed by atoms with Gasteiger partial charge in [0.15, 0.2) is 0 Å². The molecule has 0 aliphatic heterocycles. The third-order valence-corrected chi connectivity index (χ3v) is 4.38. The van der Waals surface area contributed by atoms with Crippen LogP contribution in [0.1, 0.15) is 43.4 Å². The van der Waals surface area contributed by atoms with E-state index in [1.165, 1.54) is 19.3 Å². The molecule has 0 unspecified atom stereocenters. The number of furan rings is 1. The van der Waals surface area contributed by atoms with Crippen molar-refractivity contribution in [2.24, 2.45) is 5.92 Å². The number of benzene rings is 1. The quantitative estimate of drug-likeness (QED) is 0.844. The Kier molecular flexibility index (Phi) is 5.48. The molecule has 1 saturated carbocycles. The summed E-state index contributed by atoms with van der Waals surface area (Å²) in [5.41, 5.74) is 2.04. The molecule has 2 N–H and O–H groups in total. The molecule has 4 nitrogen and oxygen atoms in total. The third kappa shape index (κ3) is 4.70. The van der Waals surface area contributed by atoms with Crippen LogP contribution in [0, 0.1) is 5.92 Å². The maximum Gasteiger partial charge on any atom is 0.227 e. The Labute approximate surface area is 137 Å². The average Bonchev–Trinajstić information content (AvgIpc) is 3.09. The Morgan fingerprint density at radius 2 is 1.96 bits per heavy atom. The van der Waals surface area contributed by atoms with E-state index in [1.807, 2.05) is 30.3 Å². The standard InChI is InChI=1S/C19H24N2O2/c22-19(16-7-2-1-3-8-16)21-17-9-4-6-15(12-17)13-20-14-18-10-5-11-23-18/h4-6,9-12,16,20H,1-3,7-8,13-14H2,(H,21,22). The first-order valence-electron chi connectivity index (χ1n) is 8.44. The summed E-state index contributed by atoms with van der Waals surface area (Å²) in [5.74, 6) is 1.28. The highest BCUT2D eigenvalue weighted by Crippen LogP contribution is 2.25. The van der Waals surface area contributed by atoms with Gasteiger partial charge in [-0.1, -0.05) is 31.4 Å². The monoisotopic (exact) mass is 312 g/mol. The Morgan fingerprint density at radius 3 is 2.74 bits per heavy atom. The fourth-order valence-electron chi connectivity index (χ4n) is 3.11. The molecular weight excluding hydrogens is 288 g/mol. The number of anilines is 1. The lowest BCUT2D eigenvalue weighted by Crippen LogP contribution is -2.24. The van der Waals surface area contributed by atoms with E-state index < -0.39 is 0 Å². The second-order valence-electron chi connectivity index (χ2n) is 6.21. The summed E-state index contributed by atoms with van der Waals surface area (Å²) in [6, 6.07) is 11.9. The Balaban J connectivity index is 1.51. The van der Waals surface area contributed by atoms with Gasteiger partial charge in [0.1, 0.15) is 5.76 Å². The summed E-state index contributed by atoms with van der Waals surface area (Å²) >= 11 is 0. The molecule has 0 atom stereocenters. The smallest absolute Gasteiger partial charge is 0.227 e. The van der Waals surface area contributed by atoms with Crippen molar-refractivity contribution in [3.8, 4) is 0 Å². The zero-order valence-electron chi connectivity index (χ0n) is 13.4. The van der Waals surface area contributed by atoms with Gasteiger partial charge in [-0.05, 0) is 42.7 Å². The maximum absolute atomic E-state index is 12.3. The van der Waals surface area contributed by atoms with Crippen molar-refractivity contribution in [2.45, 2.75) is 45.2 Å².